The lowest BCUT2D eigenvalue weighted by molar-refractivity contribution is -0.399. The van der Waals surface area contributed by atoms with Crippen LogP contribution in [-0.4, -0.2) is 42.0 Å². The molecular weight excluding hydrogens is 459 g/mol. The molecule has 0 aliphatic carbocycles. The molecule has 1 rings (SSSR count). The van der Waals surface area contributed by atoms with Gasteiger partial charge in [-0.05, 0) is 6.42 Å². The fourth-order valence-corrected chi connectivity index (χ4v) is 3.26. The lowest BCUT2D eigenvalue weighted by atomic mass is 9.95. The second-order valence-electron chi connectivity index (χ2n) is 6.31. The maximum absolute atomic E-state index is 13.9. The molecule has 0 heterocycles. The molecule has 0 aliphatic rings. The standard InChI is InChI=1S/C16H15F9O4S/c1-2-3-4-11(30(27,28)29)12(26)9-5-7-10(8-6-9)13(17,18)14(19,20)15(21,22)16(23,24)25/h5-8,11H,2-4H2,1H3,(H,27,28,29). The number of rotatable bonds is 9. The van der Waals surface area contributed by atoms with Crippen LogP contribution in [-0.2, 0) is 16.0 Å². The molecule has 0 amide bonds. The highest BCUT2D eigenvalue weighted by Gasteiger charge is 2.82. The Hall–Kier alpha value is -1.83. The molecule has 0 aliphatic heterocycles. The predicted molar refractivity (Wildman–Crippen MR) is 85.5 cm³/mol. The molecule has 1 unspecified atom stereocenters. The number of hydrogen-bond acceptors (Lipinski definition) is 3. The Morgan fingerprint density at radius 2 is 1.40 bits per heavy atom. The molecule has 0 spiro atoms. The summed E-state index contributed by atoms with van der Waals surface area (Å²) >= 11 is 0. The Morgan fingerprint density at radius 3 is 1.77 bits per heavy atom. The number of carbonyl (C=O) groups excluding carboxylic acids is 1. The van der Waals surface area contributed by atoms with Gasteiger partial charge in [-0.2, -0.15) is 47.9 Å². The number of ketones is 1. The maximum atomic E-state index is 13.9. The minimum atomic E-state index is -7.08. The third kappa shape index (κ3) is 4.74. The number of halogens is 9. The first-order chi connectivity index (χ1) is 13.3. The number of Topliss-reactive ketones (excluding diaryl/α,β-unsaturated/α-hetero) is 1. The monoisotopic (exact) mass is 474 g/mol. The zero-order valence-corrected chi connectivity index (χ0v) is 15.8. The van der Waals surface area contributed by atoms with Crippen LogP contribution in [0.2, 0.25) is 0 Å². The highest BCUT2D eigenvalue weighted by atomic mass is 32.2. The highest BCUT2D eigenvalue weighted by Crippen LogP contribution is 2.56. The molecule has 0 bridgehead atoms. The number of hydrogen-bond donors (Lipinski definition) is 1. The van der Waals surface area contributed by atoms with Crippen LogP contribution in [0, 0.1) is 0 Å². The van der Waals surface area contributed by atoms with Crippen LogP contribution in [0.3, 0.4) is 0 Å². The van der Waals surface area contributed by atoms with Crippen molar-refractivity contribution >= 4 is 15.9 Å². The van der Waals surface area contributed by atoms with Crippen molar-refractivity contribution < 1.29 is 57.3 Å². The van der Waals surface area contributed by atoms with Crippen LogP contribution < -0.4 is 0 Å². The van der Waals surface area contributed by atoms with E-state index in [0.29, 0.717) is 18.6 Å². The summed E-state index contributed by atoms with van der Waals surface area (Å²) in [4.78, 5) is 12.2. The molecule has 0 saturated heterocycles. The largest absolute Gasteiger partial charge is 0.460 e. The Kier molecular flexibility index (Phi) is 7.31. The Balaban J connectivity index is 3.32. The predicted octanol–water partition coefficient (Wildman–Crippen LogP) is 5.24. The van der Waals surface area contributed by atoms with E-state index in [1.807, 2.05) is 0 Å². The van der Waals surface area contributed by atoms with Gasteiger partial charge in [0.1, 0.15) is 5.25 Å². The SMILES string of the molecule is CCCCC(C(=O)c1ccc(C(F)(F)C(F)(F)C(F)(F)C(F)(F)F)cc1)S(=O)(=O)O. The van der Waals surface area contributed by atoms with E-state index in [0.717, 1.165) is 0 Å². The molecule has 1 N–H and O–H groups in total. The van der Waals surface area contributed by atoms with E-state index >= 15 is 0 Å². The van der Waals surface area contributed by atoms with Crippen molar-refractivity contribution in [3.8, 4) is 0 Å². The van der Waals surface area contributed by atoms with E-state index in [1.54, 1.807) is 6.92 Å². The summed E-state index contributed by atoms with van der Waals surface area (Å²) in [6.45, 7) is 1.62. The summed E-state index contributed by atoms with van der Waals surface area (Å²) < 4.78 is 149. The lowest BCUT2D eigenvalue weighted by Gasteiger charge is -2.33. The molecule has 4 nitrogen and oxygen atoms in total. The van der Waals surface area contributed by atoms with Crippen molar-refractivity contribution in [3.05, 3.63) is 35.4 Å². The number of carbonyl (C=O) groups is 1. The Labute approximate surface area is 164 Å². The van der Waals surface area contributed by atoms with Gasteiger partial charge in [0.25, 0.3) is 10.1 Å². The summed E-state index contributed by atoms with van der Waals surface area (Å²) in [6.07, 6.45) is -6.77. The van der Waals surface area contributed by atoms with Crippen molar-refractivity contribution in [3.63, 3.8) is 0 Å². The van der Waals surface area contributed by atoms with E-state index in [-0.39, 0.29) is 25.0 Å². The van der Waals surface area contributed by atoms with Crippen LogP contribution in [0.15, 0.2) is 24.3 Å². The van der Waals surface area contributed by atoms with Crippen molar-refractivity contribution in [2.45, 2.75) is 55.4 Å². The highest BCUT2D eigenvalue weighted by molar-refractivity contribution is 7.87. The van der Waals surface area contributed by atoms with Gasteiger partial charge in [-0.25, -0.2) is 0 Å². The summed E-state index contributed by atoms with van der Waals surface area (Å²) in [5.74, 6) is -21.2. The quantitative estimate of drug-likeness (QED) is 0.302. The van der Waals surface area contributed by atoms with Crippen LogP contribution in [0.1, 0.15) is 42.1 Å². The first-order valence-corrected chi connectivity index (χ1v) is 9.64. The normalized spacial score (nSPS) is 15.2. The van der Waals surface area contributed by atoms with E-state index in [9.17, 15) is 52.7 Å². The van der Waals surface area contributed by atoms with Gasteiger partial charge < -0.3 is 0 Å². The van der Waals surface area contributed by atoms with Gasteiger partial charge in [-0.1, -0.05) is 44.0 Å². The van der Waals surface area contributed by atoms with Gasteiger partial charge in [-0.3, -0.25) is 9.35 Å². The van der Waals surface area contributed by atoms with Gasteiger partial charge in [0.2, 0.25) is 0 Å². The Bertz CT molecular complexity index is 862. The third-order valence-corrected chi connectivity index (χ3v) is 5.32. The van der Waals surface area contributed by atoms with E-state index in [4.69, 9.17) is 4.55 Å². The Morgan fingerprint density at radius 1 is 0.933 bits per heavy atom. The molecule has 14 heteroatoms. The van der Waals surface area contributed by atoms with E-state index in [2.05, 4.69) is 0 Å². The third-order valence-electron chi connectivity index (χ3n) is 4.15. The molecule has 172 valence electrons. The zero-order valence-electron chi connectivity index (χ0n) is 15.0. The number of benzene rings is 1. The summed E-state index contributed by atoms with van der Waals surface area (Å²) in [5, 5.41) is -2.00. The molecule has 0 aromatic heterocycles. The van der Waals surface area contributed by atoms with Crippen LogP contribution in [0.4, 0.5) is 39.5 Å². The van der Waals surface area contributed by atoms with E-state index < -0.39 is 56.2 Å². The van der Waals surface area contributed by atoms with E-state index in [1.165, 1.54) is 0 Å². The average Bonchev–Trinajstić information content (AvgIpc) is 2.59. The lowest BCUT2D eigenvalue weighted by Crippen LogP contribution is -2.59. The molecule has 1 aromatic carbocycles. The number of unbranched alkanes of at least 4 members (excludes halogenated alkanes) is 1. The zero-order chi connectivity index (χ0) is 23.8. The van der Waals surface area contributed by atoms with Crippen molar-refractivity contribution in [1.82, 2.24) is 0 Å². The molecule has 0 saturated carbocycles. The van der Waals surface area contributed by atoms with Crippen molar-refractivity contribution in [2.24, 2.45) is 0 Å². The minimum Gasteiger partial charge on any atom is -0.293 e. The molecule has 30 heavy (non-hydrogen) atoms. The average molecular weight is 474 g/mol. The first kappa shape index (κ1) is 26.2. The maximum Gasteiger partial charge on any atom is 0.460 e. The van der Waals surface area contributed by atoms with Gasteiger partial charge >= 0.3 is 23.9 Å². The van der Waals surface area contributed by atoms with Crippen LogP contribution >= 0.6 is 0 Å². The van der Waals surface area contributed by atoms with Crippen LogP contribution in [0.5, 0.6) is 0 Å². The topological polar surface area (TPSA) is 71.4 Å². The van der Waals surface area contributed by atoms with Crippen molar-refractivity contribution in [2.75, 3.05) is 0 Å². The van der Waals surface area contributed by atoms with Crippen LogP contribution in [0.25, 0.3) is 0 Å². The number of alkyl halides is 9. The van der Waals surface area contributed by atoms with Gasteiger partial charge in [-0.15, -0.1) is 0 Å². The molecule has 0 radical (unpaired) electrons. The first-order valence-electron chi connectivity index (χ1n) is 8.13. The van der Waals surface area contributed by atoms with Gasteiger partial charge in [0.15, 0.2) is 5.78 Å². The molecular formula is C16H15F9O4S. The summed E-state index contributed by atoms with van der Waals surface area (Å²) in [7, 11) is -4.92. The fraction of sp³-hybridized carbons (Fsp3) is 0.562. The summed E-state index contributed by atoms with van der Waals surface area (Å²) in [5.41, 5.74) is -2.64. The van der Waals surface area contributed by atoms with Gasteiger partial charge in [0.05, 0.1) is 0 Å². The summed E-state index contributed by atoms with van der Waals surface area (Å²) in [6, 6.07) is 0.706. The molecule has 0 fully saturated rings. The molecule has 1 atom stereocenters. The fourth-order valence-electron chi connectivity index (χ4n) is 2.39. The smallest absolute Gasteiger partial charge is 0.293 e. The second-order valence-corrected chi connectivity index (χ2v) is 7.91. The second kappa shape index (κ2) is 8.36. The molecule has 1 aromatic rings. The van der Waals surface area contributed by atoms with Gasteiger partial charge in [0, 0.05) is 11.1 Å². The minimum absolute atomic E-state index is 0.00548. The van der Waals surface area contributed by atoms with Crippen molar-refractivity contribution in [1.29, 1.82) is 0 Å².